The van der Waals surface area contributed by atoms with E-state index in [1.54, 1.807) is 24.5 Å². The van der Waals surface area contributed by atoms with Crippen molar-refractivity contribution >= 4 is 35.7 Å². The lowest BCUT2D eigenvalue weighted by atomic mass is 10.1. The number of carbonyl (C=O) groups is 4. The molecule has 0 saturated heterocycles. The molecule has 12 N–H and O–H groups in total. The number of carboxylic acids is 2. The van der Waals surface area contributed by atoms with Gasteiger partial charge in [0.2, 0.25) is 0 Å². The average Bonchev–Trinajstić information content (AvgIpc) is 3.23. The molecule has 0 saturated carbocycles. The van der Waals surface area contributed by atoms with Gasteiger partial charge in [0.05, 0.1) is 13.1 Å². The van der Waals surface area contributed by atoms with Gasteiger partial charge in [0.1, 0.15) is 23.2 Å². The Morgan fingerprint density at radius 2 is 0.900 bits per heavy atom. The van der Waals surface area contributed by atoms with Gasteiger partial charge in [-0.3, -0.25) is 29.2 Å². The third kappa shape index (κ3) is 18.4. The van der Waals surface area contributed by atoms with Gasteiger partial charge in [0.25, 0.3) is 22.9 Å². The van der Waals surface area contributed by atoms with Gasteiger partial charge in [-0.25, -0.2) is 9.59 Å². The molecule has 0 aliphatic rings. The van der Waals surface area contributed by atoms with Crippen LogP contribution in [0.5, 0.6) is 0 Å². The molecule has 324 valence electrons. The summed E-state index contributed by atoms with van der Waals surface area (Å²) in [6, 6.07) is 22.3. The minimum Gasteiger partial charge on any atom is -0.480 e. The van der Waals surface area contributed by atoms with E-state index in [1.807, 2.05) is 88.4 Å². The molecule has 0 aliphatic heterocycles. The van der Waals surface area contributed by atoms with Gasteiger partial charge in [-0.05, 0) is 61.1 Å². The Labute approximate surface area is 349 Å². The number of aromatic nitrogens is 2. The van der Waals surface area contributed by atoms with E-state index in [0.717, 1.165) is 11.1 Å². The number of aliphatic carboxylic acids is 2. The number of benzene rings is 2. The third-order valence-corrected chi connectivity index (χ3v) is 8.02. The topological polar surface area (TPSA) is 306 Å². The maximum Gasteiger partial charge on any atom is 0.326 e. The zero-order valence-electron chi connectivity index (χ0n) is 34.5. The molecule has 2 amide bonds. The lowest BCUT2D eigenvalue weighted by Gasteiger charge is -2.14. The maximum atomic E-state index is 12.6. The lowest BCUT2D eigenvalue weighted by Crippen LogP contribution is -2.43. The molecule has 2 atom stereocenters. The smallest absolute Gasteiger partial charge is 0.326 e. The number of pyridine rings is 2. The van der Waals surface area contributed by atoms with E-state index < -0.39 is 47.0 Å². The second-order valence-electron chi connectivity index (χ2n) is 12.3. The van der Waals surface area contributed by atoms with Crippen molar-refractivity contribution in [1.82, 2.24) is 19.8 Å². The Balaban J connectivity index is 0.000000554. The second-order valence-corrected chi connectivity index (χ2v) is 12.3. The Hall–Kier alpha value is -7.24. The van der Waals surface area contributed by atoms with Crippen molar-refractivity contribution in [1.29, 1.82) is 0 Å². The Morgan fingerprint density at radius 3 is 1.20 bits per heavy atom. The Morgan fingerprint density at radius 1 is 0.567 bits per heavy atom. The first-order chi connectivity index (χ1) is 28.8. The van der Waals surface area contributed by atoms with Crippen LogP contribution in [0, 0.1) is 0 Å². The fraction of sp³-hybridized carbons (Fsp3) is 0.333. The molecular weight excluding hydrogens is 773 g/mol. The number of nitrogens with zero attached hydrogens (tertiary/aromatic N) is 4. The van der Waals surface area contributed by atoms with Gasteiger partial charge >= 0.3 is 11.9 Å². The van der Waals surface area contributed by atoms with E-state index in [2.05, 4.69) is 20.6 Å². The summed E-state index contributed by atoms with van der Waals surface area (Å²) in [5.74, 6) is -4.03. The number of hydrogen-bond acceptors (Lipinski definition) is 8. The van der Waals surface area contributed by atoms with Crippen LogP contribution in [0.3, 0.4) is 0 Å². The minimum atomic E-state index is -1.20. The van der Waals surface area contributed by atoms with Gasteiger partial charge in [0.15, 0.2) is 11.9 Å². The van der Waals surface area contributed by atoms with Crippen LogP contribution in [-0.4, -0.2) is 80.2 Å². The zero-order valence-corrected chi connectivity index (χ0v) is 34.5. The molecule has 18 heteroatoms. The summed E-state index contributed by atoms with van der Waals surface area (Å²) in [5, 5.41) is 23.4. The number of amides is 2. The van der Waals surface area contributed by atoms with Crippen LogP contribution in [-0.2, 0) is 22.7 Å². The molecule has 2 heterocycles. The van der Waals surface area contributed by atoms with Crippen LogP contribution in [0.2, 0.25) is 0 Å². The van der Waals surface area contributed by atoms with Crippen molar-refractivity contribution in [3.8, 4) is 0 Å². The van der Waals surface area contributed by atoms with E-state index >= 15 is 0 Å². The summed E-state index contributed by atoms with van der Waals surface area (Å²) in [5.41, 5.74) is 21.5. The van der Waals surface area contributed by atoms with Crippen LogP contribution in [0.15, 0.2) is 117 Å². The van der Waals surface area contributed by atoms with Gasteiger partial charge in [-0.15, -0.1) is 0 Å². The minimum absolute atomic E-state index is 0.0841. The highest BCUT2D eigenvalue weighted by molar-refractivity contribution is 5.97. The fourth-order valence-corrected chi connectivity index (χ4v) is 5.22. The van der Waals surface area contributed by atoms with Crippen molar-refractivity contribution < 1.29 is 29.4 Å². The Bertz CT molecular complexity index is 1960. The summed E-state index contributed by atoms with van der Waals surface area (Å²) in [4.78, 5) is 80.5. The predicted molar refractivity (Wildman–Crippen MR) is 233 cm³/mol. The number of rotatable bonds is 18. The highest BCUT2D eigenvalue weighted by Gasteiger charge is 2.23. The van der Waals surface area contributed by atoms with E-state index in [9.17, 15) is 39.0 Å². The van der Waals surface area contributed by atoms with Crippen LogP contribution in [0.25, 0.3) is 0 Å². The van der Waals surface area contributed by atoms with E-state index in [4.69, 9.17) is 22.9 Å². The molecule has 2 aromatic carbocycles. The first kappa shape index (κ1) is 50.8. The zero-order chi connectivity index (χ0) is 45.0. The van der Waals surface area contributed by atoms with E-state index in [-0.39, 0.29) is 49.0 Å². The molecule has 0 spiro atoms. The van der Waals surface area contributed by atoms with Gasteiger partial charge in [-0.1, -0.05) is 88.4 Å². The van der Waals surface area contributed by atoms with E-state index in [1.165, 1.54) is 21.3 Å². The summed E-state index contributed by atoms with van der Waals surface area (Å²) >= 11 is 0. The van der Waals surface area contributed by atoms with Crippen molar-refractivity contribution in [3.05, 3.63) is 140 Å². The quantitative estimate of drug-likeness (QED) is 0.0407. The molecule has 4 aromatic rings. The van der Waals surface area contributed by atoms with Crippen LogP contribution < -0.4 is 44.7 Å². The summed E-state index contributed by atoms with van der Waals surface area (Å²) in [6.07, 6.45) is 4.14. The summed E-state index contributed by atoms with van der Waals surface area (Å²) in [7, 11) is 0. The molecule has 0 aliphatic carbocycles. The predicted octanol–water partition coefficient (Wildman–Crippen LogP) is 2.32. The molecular formula is C42H58N10O8. The Kier molecular flexibility index (Phi) is 23.9. The number of guanidine groups is 2. The van der Waals surface area contributed by atoms with Crippen LogP contribution >= 0.6 is 0 Å². The summed E-state index contributed by atoms with van der Waals surface area (Å²) < 4.78 is 2.80. The van der Waals surface area contributed by atoms with Gasteiger partial charge in [-0.2, -0.15) is 0 Å². The standard InChI is InChI=1S/2C19H23N5O4.2C2H6/c2*20-19(21)22-10-4-9-15(18(27)28)23-16(25)14-8-5-11-24(17(14)26)12-13-6-2-1-3-7-13;2*1-2/h2*1-3,5-8,11,15H,4,9-10,12H2,(H,23,25)(H,27,28)(H4,20,21,22);2*1-2H3. The SMILES string of the molecule is CC.CC.NC(N)=NCCCC(NC(=O)c1cccn(Cc2ccccc2)c1=O)C(=O)O.NC(N)=NCCCC(NC(=O)c1cccn(Cc2ccccc2)c1=O)C(=O)O. The number of carbonyl (C=O) groups excluding carboxylic acids is 2. The number of carboxylic acid groups (broad SMARTS) is 2. The maximum absolute atomic E-state index is 12.6. The average molecular weight is 831 g/mol. The molecule has 0 radical (unpaired) electrons. The second kappa shape index (κ2) is 28.2. The highest BCUT2D eigenvalue weighted by atomic mass is 16.4. The molecule has 0 bridgehead atoms. The third-order valence-electron chi connectivity index (χ3n) is 8.02. The monoisotopic (exact) mass is 830 g/mol. The van der Waals surface area contributed by atoms with E-state index in [0.29, 0.717) is 25.9 Å². The molecule has 60 heavy (non-hydrogen) atoms. The van der Waals surface area contributed by atoms with Crippen molar-refractivity contribution in [3.63, 3.8) is 0 Å². The van der Waals surface area contributed by atoms with Crippen molar-refractivity contribution in [2.24, 2.45) is 32.9 Å². The largest absolute Gasteiger partial charge is 0.480 e. The normalized spacial score (nSPS) is 10.9. The highest BCUT2D eigenvalue weighted by Crippen LogP contribution is 2.06. The van der Waals surface area contributed by atoms with Gasteiger partial charge < -0.3 is 52.9 Å². The first-order valence-corrected chi connectivity index (χ1v) is 19.4. The van der Waals surface area contributed by atoms with Crippen molar-refractivity contribution in [2.75, 3.05) is 13.1 Å². The number of aliphatic imine (C=N–C) groups is 2. The number of nitrogens with two attached hydrogens (primary N) is 4. The van der Waals surface area contributed by atoms with Crippen LogP contribution in [0.4, 0.5) is 0 Å². The lowest BCUT2D eigenvalue weighted by molar-refractivity contribution is -0.140. The van der Waals surface area contributed by atoms with Crippen molar-refractivity contribution in [2.45, 2.75) is 78.6 Å². The fourth-order valence-electron chi connectivity index (χ4n) is 5.22. The van der Waals surface area contributed by atoms with Crippen LogP contribution in [0.1, 0.15) is 85.2 Å². The molecule has 0 fully saturated rings. The van der Waals surface area contributed by atoms with Gasteiger partial charge in [0, 0.05) is 25.5 Å². The number of nitrogens with one attached hydrogen (secondary N) is 2. The summed E-state index contributed by atoms with van der Waals surface area (Å²) in [6.45, 7) is 9.11. The molecule has 2 unspecified atom stereocenters. The first-order valence-electron chi connectivity index (χ1n) is 19.4. The molecule has 18 nitrogen and oxygen atoms in total. The molecule has 4 rings (SSSR count). The molecule has 2 aromatic heterocycles. The number of hydrogen-bond donors (Lipinski definition) is 8.